The van der Waals surface area contributed by atoms with Crippen molar-refractivity contribution in [3.05, 3.63) is 59.9 Å². The van der Waals surface area contributed by atoms with Crippen molar-refractivity contribution in [2.75, 3.05) is 6.61 Å². The molecule has 1 saturated heterocycles. The quantitative estimate of drug-likeness (QED) is 0.725. The van der Waals surface area contributed by atoms with Crippen LogP contribution in [0.2, 0.25) is 6.04 Å². The summed E-state index contributed by atoms with van der Waals surface area (Å²) in [5.41, 5.74) is 6.71. The van der Waals surface area contributed by atoms with Gasteiger partial charge in [-0.3, -0.25) is 0 Å². The van der Waals surface area contributed by atoms with Crippen LogP contribution in [0.1, 0.15) is 24.0 Å². The van der Waals surface area contributed by atoms with E-state index < -0.39 is 8.32 Å². The number of benzene rings is 1. The van der Waals surface area contributed by atoms with Crippen molar-refractivity contribution in [3.8, 4) is 0 Å². The fraction of sp³-hybridized carbons (Fsp3) is 0.250. The molecule has 18 heavy (non-hydrogen) atoms. The largest absolute Gasteiger partial charge is 0.409 e. The third-order valence-corrected chi connectivity index (χ3v) is 6.72. The van der Waals surface area contributed by atoms with E-state index in [1.54, 1.807) is 0 Å². The molecular formula is C16H20OSi. The molecule has 0 radical (unpaired) electrons. The van der Waals surface area contributed by atoms with Crippen molar-refractivity contribution in [2.45, 2.75) is 18.9 Å². The zero-order valence-corrected chi connectivity index (χ0v) is 11.8. The summed E-state index contributed by atoms with van der Waals surface area (Å²) < 4.78 is 5.67. The van der Waals surface area contributed by atoms with Gasteiger partial charge in [-0.1, -0.05) is 54.2 Å². The van der Waals surface area contributed by atoms with Gasteiger partial charge in [-0.05, 0) is 23.6 Å². The van der Waals surface area contributed by atoms with Gasteiger partial charge in [0.15, 0.2) is 0 Å². The topological polar surface area (TPSA) is 9.23 Å². The minimum Gasteiger partial charge on any atom is -0.409 e. The van der Waals surface area contributed by atoms with E-state index >= 15 is 0 Å². The van der Waals surface area contributed by atoms with Gasteiger partial charge in [0.05, 0.1) is 0 Å². The molecule has 0 atom stereocenters. The molecule has 1 aromatic carbocycles. The van der Waals surface area contributed by atoms with Gasteiger partial charge in [-0.2, -0.15) is 0 Å². The van der Waals surface area contributed by atoms with Gasteiger partial charge in [0, 0.05) is 6.61 Å². The van der Waals surface area contributed by atoms with Crippen LogP contribution >= 0.6 is 0 Å². The summed E-state index contributed by atoms with van der Waals surface area (Å²) in [7, 11) is -1.60. The van der Waals surface area contributed by atoms with Gasteiger partial charge < -0.3 is 4.43 Å². The Morgan fingerprint density at radius 2 is 1.61 bits per heavy atom. The Kier molecular flexibility index (Phi) is 4.34. The number of hydrogen-bond donors (Lipinski definition) is 0. The Hall–Kier alpha value is -1.38. The second-order valence-electron chi connectivity index (χ2n) is 4.63. The average Bonchev–Trinajstić information content (AvgIpc) is 2.42. The highest BCUT2D eigenvalue weighted by Crippen LogP contribution is 2.23. The number of hydrogen-bond acceptors (Lipinski definition) is 1. The van der Waals surface area contributed by atoms with Crippen molar-refractivity contribution in [2.24, 2.45) is 0 Å². The van der Waals surface area contributed by atoms with E-state index in [0.717, 1.165) is 6.61 Å². The van der Waals surface area contributed by atoms with Crippen LogP contribution in [-0.2, 0) is 4.43 Å². The highest BCUT2D eigenvalue weighted by atomic mass is 28.4. The van der Waals surface area contributed by atoms with Gasteiger partial charge in [-0.15, -0.1) is 13.2 Å². The van der Waals surface area contributed by atoms with Gasteiger partial charge in [0.1, 0.15) is 0 Å². The average molecular weight is 256 g/mol. The molecule has 0 spiro atoms. The van der Waals surface area contributed by atoms with E-state index in [1.165, 1.54) is 30.0 Å². The molecule has 0 aromatic heterocycles. The molecule has 0 amide bonds. The summed E-state index contributed by atoms with van der Waals surface area (Å²) >= 11 is 0. The third kappa shape index (κ3) is 2.89. The Morgan fingerprint density at radius 1 is 1.00 bits per heavy atom. The van der Waals surface area contributed by atoms with E-state index in [2.05, 4.69) is 49.6 Å². The van der Waals surface area contributed by atoms with Gasteiger partial charge in [0.2, 0.25) is 8.32 Å². The minimum atomic E-state index is -1.60. The van der Waals surface area contributed by atoms with Crippen LogP contribution < -0.4 is 0 Å². The van der Waals surface area contributed by atoms with Crippen LogP contribution in [0.15, 0.2) is 48.8 Å². The molecule has 1 aliphatic heterocycles. The van der Waals surface area contributed by atoms with E-state index in [9.17, 15) is 0 Å². The standard InChI is InChI=1S/C8H14OSi.C8H6/c1-3-10(4-2)8-6-5-7-9-10;1-2-4-8-6-5-7(8)3-1/h3-4H,1-2,5-8H2;1-6H. The molecule has 1 aromatic rings. The summed E-state index contributed by atoms with van der Waals surface area (Å²) in [5, 5.41) is 0. The van der Waals surface area contributed by atoms with Crippen molar-refractivity contribution in [1.29, 1.82) is 0 Å². The Balaban J connectivity index is 0.000000136. The maximum absolute atomic E-state index is 5.67. The summed E-state index contributed by atoms with van der Waals surface area (Å²) in [4.78, 5) is 0. The first-order chi connectivity index (χ1) is 8.79. The summed E-state index contributed by atoms with van der Waals surface area (Å²) in [6.45, 7) is 8.49. The first kappa shape index (κ1) is 13.1. The van der Waals surface area contributed by atoms with E-state index in [0.29, 0.717) is 0 Å². The van der Waals surface area contributed by atoms with E-state index in [1.807, 2.05) is 11.4 Å². The molecule has 3 rings (SSSR count). The second-order valence-corrected chi connectivity index (χ2v) is 8.15. The van der Waals surface area contributed by atoms with Crippen molar-refractivity contribution < 1.29 is 4.43 Å². The molecule has 1 heterocycles. The molecule has 0 bridgehead atoms. The predicted molar refractivity (Wildman–Crippen MR) is 81.5 cm³/mol. The molecular weight excluding hydrogens is 236 g/mol. The normalized spacial score (nSPS) is 18.7. The highest BCUT2D eigenvalue weighted by molar-refractivity contribution is 6.83. The SMILES string of the molecule is C1=Cc2ccccc21.C=C[Si]1(C=C)CCCCO1. The Bertz CT molecular complexity index is 421. The molecule has 0 unspecified atom stereocenters. The maximum atomic E-state index is 5.67. The first-order valence-corrected chi connectivity index (χ1v) is 8.75. The molecule has 0 N–H and O–H groups in total. The summed E-state index contributed by atoms with van der Waals surface area (Å²) in [6.07, 6.45) is 6.73. The number of rotatable bonds is 2. The first-order valence-electron chi connectivity index (χ1n) is 6.48. The van der Waals surface area contributed by atoms with Crippen LogP contribution in [0.25, 0.3) is 12.2 Å². The van der Waals surface area contributed by atoms with Crippen LogP contribution in [0.4, 0.5) is 0 Å². The van der Waals surface area contributed by atoms with Gasteiger partial charge >= 0.3 is 0 Å². The fourth-order valence-electron chi connectivity index (χ4n) is 2.14. The second kappa shape index (κ2) is 5.98. The molecule has 0 saturated carbocycles. The molecule has 1 fully saturated rings. The minimum absolute atomic E-state index is 0.907. The zero-order chi connectivity index (χ0) is 12.8. The fourth-order valence-corrected chi connectivity index (χ4v) is 4.42. The molecule has 94 valence electrons. The molecule has 2 aliphatic rings. The van der Waals surface area contributed by atoms with Crippen molar-refractivity contribution in [3.63, 3.8) is 0 Å². The van der Waals surface area contributed by atoms with Crippen LogP contribution in [0.5, 0.6) is 0 Å². The monoisotopic (exact) mass is 256 g/mol. The summed E-state index contributed by atoms with van der Waals surface area (Å²) in [6, 6.07) is 9.54. The van der Waals surface area contributed by atoms with Crippen molar-refractivity contribution in [1.82, 2.24) is 0 Å². The lowest BCUT2D eigenvalue weighted by Crippen LogP contribution is -2.37. The van der Waals surface area contributed by atoms with E-state index in [-0.39, 0.29) is 0 Å². The lowest BCUT2D eigenvalue weighted by atomic mass is 9.99. The van der Waals surface area contributed by atoms with Crippen LogP contribution in [-0.4, -0.2) is 14.9 Å². The van der Waals surface area contributed by atoms with Crippen LogP contribution in [0, 0.1) is 0 Å². The molecule has 1 nitrogen and oxygen atoms in total. The maximum Gasteiger partial charge on any atom is 0.240 e. The molecule has 1 aliphatic carbocycles. The third-order valence-electron chi connectivity index (χ3n) is 3.46. The lowest BCUT2D eigenvalue weighted by Gasteiger charge is -2.28. The van der Waals surface area contributed by atoms with Crippen molar-refractivity contribution >= 4 is 20.5 Å². The van der Waals surface area contributed by atoms with Gasteiger partial charge in [0.25, 0.3) is 0 Å². The summed E-state index contributed by atoms with van der Waals surface area (Å²) in [5.74, 6) is 0. The predicted octanol–water partition coefficient (Wildman–Crippen LogP) is 4.36. The zero-order valence-electron chi connectivity index (χ0n) is 10.8. The Morgan fingerprint density at radius 3 is 1.89 bits per heavy atom. The Labute approximate surface area is 111 Å². The lowest BCUT2D eigenvalue weighted by molar-refractivity contribution is 0.282. The highest BCUT2D eigenvalue weighted by Gasteiger charge is 2.29. The number of fused-ring (bicyclic) bond motifs is 1. The van der Waals surface area contributed by atoms with E-state index in [4.69, 9.17) is 4.43 Å². The smallest absolute Gasteiger partial charge is 0.240 e. The van der Waals surface area contributed by atoms with Gasteiger partial charge in [-0.25, -0.2) is 0 Å². The molecule has 2 heteroatoms. The van der Waals surface area contributed by atoms with Crippen LogP contribution in [0.3, 0.4) is 0 Å².